The number of rotatable bonds is 12. The highest BCUT2D eigenvalue weighted by Crippen LogP contribution is 2.45. The molecule has 0 spiro atoms. The molecule has 2 heterocycles. The first kappa shape index (κ1) is 24.5. The molecule has 2 aromatic heterocycles. The van der Waals surface area contributed by atoms with E-state index >= 15 is 0 Å². The third kappa shape index (κ3) is 6.09. The molecule has 1 aliphatic carbocycles. The number of benzene rings is 1. The molecular formula is C26H29FN2O6. The number of hydrogen-bond donors (Lipinski definition) is 1. The summed E-state index contributed by atoms with van der Waals surface area (Å²) in [5.74, 6) is 0.399. The van der Waals surface area contributed by atoms with Crippen LogP contribution in [0.1, 0.15) is 50.3 Å². The van der Waals surface area contributed by atoms with E-state index in [1.54, 1.807) is 6.07 Å². The van der Waals surface area contributed by atoms with Crippen LogP contribution in [0.4, 0.5) is 4.39 Å². The molecule has 1 N–H and O–H groups in total. The van der Waals surface area contributed by atoms with Gasteiger partial charge in [-0.1, -0.05) is 31.1 Å². The topological polar surface area (TPSA) is 104 Å². The summed E-state index contributed by atoms with van der Waals surface area (Å²) >= 11 is 0. The molecule has 0 saturated heterocycles. The van der Waals surface area contributed by atoms with Gasteiger partial charge in [-0.15, -0.1) is 0 Å². The van der Waals surface area contributed by atoms with Crippen molar-refractivity contribution in [3.8, 4) is 28.7 Å². The minimum atomic E-state index is -0.810. The van der Waals surface area contributed by atoms with Crippen LogP contribution < -0.4 is 14.2 Å². The van der Waals surface area contributed by atoms with Gasteiger partial charge in [0.25, 0.3) is 0 Å². The van der Waals surface area contributed by atoms with Crippen LogP contribution in [0.5, 0.6) is 17.4 Å². The van der Waals surface area contributed by atoms with Gasteiger partial charge in [0, 0.05) is 6.07 Å². The number of aliphatic carboxylic acids is 1. The van der Waals surface area contributed by atoms with Crippen LogP contribution in [0.2, 0.25) is 0 Å². The molecule has 186 valence electrons. The fourth-order valence-corrected chi connectivity index (χ4v) is 3.91. The first-order chi connectivity index (χ1) is 16.9. The SMILES string of the molecule is COc1cc(-c2onc(COc3cccc(C(CC(=O)O)C4CC4)c3)c2OCC(C)C)c(F)cn1. The van der Waals surface area contributed by atoms with Crippen molar-refractivity contribution in [2.45, 2.75) is 45.6 Å². The first-order valence-electron chi connectivity index (χ1n) is 11.6. The lowest BCUT2D eigenvalue weighted by atomic mass is 9.91. The third-order valence-electron chi connectivity index (χ3n) is 5.81. The van der Waals surface area contributed by atoms with E-state index in [9.17, 15) is 14.3 Å². The van der Waals surface area contributed by atoms with Crippen molar-refractivity contribution in [3.63, 3.8) is 0 Å². The zero-order valence-corrected chi connectivity index (χ0v) is 20.0. The Hall–Kier alpha value is -3.62. The van der Waals surface area contributed by atoms with E-state index in [1.807, 2.05) is 32.0 Å². The maximum Gasteiger partial charge on any atom is 0.303 e. The summed E-state index contributed by atoms with van der Waals surface area (Å²) in [6, 6.07) is 8.88. The lowest BCUT2D eigenvalue weighted by molar-refractivity contribution is -0.137. The highest BCUT2D eigenvalue weighted by Gasteiger charge is 2.34. The third-order valence-corrected chi connectivity index (χ3v) is 5.81. The molecule has 1 saturated carbocycles. The lowest BCUT2D eigenvalue weighted by Gasteiger charge is -2.16. The van der Waals surface area contributed by atoms with Crippen LogP contribution in [-0.4, -0.2) is 34.9 Å². The summed E-state index contributed by atoms with van der Waals surface area (Å²) < 4.78 is 37.1. The molecule has 1 unspecified atom stereocenters. The smallest absolute Gasteiger partial charge is 0.303 e. The van der Waals surface area contributed by atoms with Crippen LogP contribution in [0.3, 0.4) is 0 Å². The van der Waals surface area contributed by atoms with E-state index in [-0.39, 0.29) is 42.1 Å². The Morgan fingerprint density at radius 1 is 1.26 bits per heavy atom. The Kier molecular flexibility index (Phi) is 7.53. The number of nitrogens with zero attached hydrogens (tertiary/aromatic N) is 2. The van der Waals surface area contributed by atoms with Gasteiger partial charge in [-0.05, 0) is 48.3 Å². The monoisotopic (exact) mass is 484 g/mol. The largest absolute Gasteiger partial charge is 0.487 e. The number of halogens is 1. The predicted molar refractivity (Wildman–Crippen MR) is 125 cm³/mol. The molecule has 8 nitrogen and oxygen atoms in total. The van der Waals surface area contributed by atoms with Gasteiger partial charge < -0.3 is 23.8 Å². The number of aromatic nitrogens is 2. The van der Waals surface area contributed by atoms with Gasteiger partial charge in [0.2, 0.25) is 11.6 Å². The zero-order valence-electron chi connectivity index (χ0n) is 20.0. The summed E-state index contributed by atoms with van der Waals surface area (Å²) in [6.45, 7) is 4.40. The van der Waals surface area contributed by atoms with Crippen molar-refractivity contribution in [1.82, 2.24) is 10.1 Å². The van der Waals surface area contributed by atoms with Crippen molar-refractivity contribution in [3.05, 3.63) is 53.6 Å². The second-order valence-corrected chi connectivity index (χ2v) is 9.10. The van der Waals surface area contributed by atoms with E-state index in [0.29, 0.717) is 29.7 Å². The molecule has 9 heteroatoms. The maximum absolute atomic E-state index is 14.6. The summed E-state index contributed by atoms with van der Waals surface area (Å²) in [7, 11) is 1.44. The number of carboxylic acids is 1. The number of hydrogen-bond acceptors (Lipinski definition) is 7. The molecule has 1 aromatic carbocycles. The molecule has 0 amide bonds. The molecule has 0 aliphatic heterocycles. The molecule has 4 rings (SSSR count). The van der Waals surface area contributed by atoms with Crippen molar-refractivity contribution < 1.29 is 33.0 Å². The van der Waals surface area contributed by atoms with Crippen molar-refractivity contribution >= 4 is 5.97 Å². The normalized spacial score (nSPS) is 14.1. The summed E-state index contributed by atoms with van der Waals surface area (Å²) in [5.41, 5.74) is 1.44. The van der Waals surface area contributed by atoms with Crippen molar-refractivity contribution in [2.75, 3.05) is 13.7 Å². The van der Waals surface area contributed by atoms with E-state index in [1.165, 1.54) is 13.2 Å². The van der Waals surface area contributed by atoms with Crippen molar-refractivity contribution in [2.24, 2.45) is 11.8 Å². The van der Waals surface area contributed by atoms with Crippen LogP contribution in [-0.2, 0) is 11.4 Å². The number of methoxy groups -OCH3 is 1. The molecular weight excluding hydrogens is 455 g/mol. The molecule has 35 heavy (non-hydrogen) atoms. The van der Waals surface area contributed by atoms with Gasteiger partial charge in [-0.2, -0.15) is 0 Å². The zero-order chi connectivity index (χ0) is 24.9. The first-order valence-corrected chi connectivity index (χ1v) is 11.6. The van der Waals surface area contributed by atoms with Gasteiger partial charge in [0.15, 0.2) is 17.3 Å². The van der Waals surface area contributed by atoms with E-state index in [2.05, 4.69) is 10.1 Å². The Morgan fingerprint density at radius 3 is 2.74 bits per heavy atom. The number of ether oxygens (including phenoxy) is 3. The molecule has 1 fully saturated rings. The van der Waals surface area contributed by atoms with Crippen molar-refractivity contribution in [1.29, 1.82) is 0 Å². The van der Waals surface area contributed by atoms with Gasteiger partial charge in [-0.25, -0.2) is 9.37 Å². The van der Waals surface area contributed by atoms with Crippen LogP contribution >= 0.6 is 0 Å². The number of carbonyl (C=O) groups is 1. The van der Waals surface area contributed by atoms with Gasteiger partial charge >= 0.3 is 5.97 Å². The van der Waals surface area contributed by atoms with Gasteiger partial charge in [0.1, 0.15) is 12.4 Å². The fourth-order valence-electron chi connectivity index (χ4n) is 3.91. The summed E-state index contributed by atoms with van der Waals surface area (Å²) in [6.07, 6.45) is 3.22. The molecule has 3 aromatic rings. The number of pyridine rings is 1. The van der Waals surface area contributed by atoms with Crippen LogP contribution in [0.25, 0.3) is 11.3 Å². The molecule has 0 radical (unpaired) electrons. The van der Waals surface area contributed by atoms with Gasteiger partial charge in [-0.3, -0.25) is 4.79 Å². The standard InChI is InChI=1S/C26H29FN2O6/c1-15(2)13-34-26-22(29-35-25(26)20-10-23(32-3)28-12-21(20)27)14-33-18-6-4-5-17(9-18)19(11-24(30)31)16-7-8-16/h4-6,9-10,12,15-16,19H,7-8,11,13-14H2,1-3H3,(H,30,31). The molecule has 0 bridgehead atoms. The highest BCUT2D eigenvalue weighted by atomic mass is 19.1. The Morgan fingerprint density at radius 2 is 2.06 bits per heavy atom. The lowest BCUT2D eigenvalue weighted by Crippen LogP contribution is -2.09. The summed E-state index contributed by atoms with van der Waals surface area (Å²) in [5, 5.41) is 13.4. The van der Waals surface area contributed by atoms with E-state index in [0.717, 1.165) is 24.6 Å². The minimum absolute atomic E-state index is 0.0250. The quantitative estimate of drug-likeness (QED) is 0.361. The molecule has 1 atom stereocenters. The fraction of sp³-hybridized carbons (Fsp3) is 0.423. The number of carboxylic acid groups (broad SMARTS) is 1. The Labute approximate surface area is 203 Å². The highest BCUT2D eigenvalue weighted by molar-refractivity contribution is 5.68. The Bertz CT molecular complexity index is 1170. The minimum Gasteiger partial charge on any atom is -0.487 e. The average molecular weight is 485 g/mol. The maximum atomic E-state index is 14.6. The molecule has 1 aliphatic rings. The van der Waals surface area contributed by atoms with Crippen LogP contribution in [0.15, 0.2) is 41.1 Å². The van der Waals surface area contributed by atoms with Crippen LogP contribution in [0, 0.1) is 17.7 Å². The van der Waals surface area contributed by atoms with E-state index in [4.69, 9.17) is 18.7 Å². The van der Waals surface area contributed by atoms with E-state index < -0.39 is 11.8 Å². The average Bonchev–Trinajstić information content (AvgIpc) is 3.60. The predicted octanol–water partition coefficient (Wildman–Crippen LogP) is 5.47. The second kappa shape index (κ2) is 10.8. The second-order valence-electron chi connectivity index (χ2n) is 9.10. The van der Waals surface area contributed by atoms with Gasteiger partial charge in [0.05, 0.1) is 31.9 Å². The Balaban J connectivity index is 1.57. The summed E-state index contributed by atoms with van der Waals surface area (Å²) in [4.78, 5) is 15.2.